The number of methoxy groups -OCH3 is 1. The Morgan fingerprint density at radius 3 is 2.39 bits per heavy atom. The standard InChI is InChI=1S/C23H33N3O5/c1-5-12-24-20(27)19-15-31-23(10-13-25(14-11-23)21(28)16(2)3)26(19)22(29)17-6-8-18(30-4)9-7-17/h6-9,16,19H,5,10-15H2,1-4H3,(H,24,27). The molecule has 3 amide bonds. The van der Waals surface area contributed by atoms with Gasteiger partial charge in [0, 0.05) is 44.0 Å². The molecule has 2 aliphatic rings. The lowest BCUT2D eigenvalue weighted by atomic mass is 9.95. The van der Waals surface area contributed by atoms with Gasteiger partial charge in [-0.15, -0.1) is 0 Å². The molecule has 1 N–H and O–H groups in total. The van der Waals surface area contributed by atoms with Gasteiger partial charge in [0.15, 0.2) is 0 Å². The lowest BCUT2D eigenvalue weighted by Gasteiger charge is -2.44. The summed E-state index contributed by atoms with van der Waals surface area (Å²) in [5, 5.41) is 2.90. The molecule has 2 fully saturated rings. The van der Waals surface area contributed by atoms with Crippen LogP contribution in [0.15, 0.2) is 24.3 Å². The Balaban J connectivity index is 1.86. The van der Waals surface area contributed by atoms with Gasteiger partial charge < -0.3 is 19.7 Å². The Morgan fingerprint density at radius 1 is 1.19 bits per heavy atom. The summed E-state index contributed by atoms with van der Waals surface area (Å²) in [6.07, 6.45) is 1.76. The van der Waals surface area contributed by atoms with Crippen molar-refractivity contribution in [2.45, 2.75) is 51.8 Å². The van der Waals surface area contributed by atoms with Crippen LogP contribution in [0.3, 0.4) is 0 Å². The third-order valence-electron chi connectivity index (χ3n) is 6.02. The van der Waals surface area contributed by atoms with Crippen LogP contribution < -0.4 is 10.1 Å². The number of piperidine rings is 1. The van der Waals surface area contributed by atoms with Gasteiger partial charge in [-0.2, -0.15) is 0 Å². The van der Waals surface area contributed by atoms with Gasteiger partial charge >= 0.3 is 0 Å². The van der Waals surface area contributed by atoms with Gasteiger partial charge in [0.25, 0.3) is 5.91 Å². The number of amides is 3. The molecule has 170 valence electrons. The molecule has 1 aromatic carbocycles. The number of carbonyl (C=O) groups is 3. The van der Waals surface area contributed by atoms with Crippen molar-refractivity contribution in [3.8, 4) is 5.75 Å². The third-order valence-corrected chi connectivity index (χ3v) is 6.02. The molecule has 8 heteroatoms. The number of carbonyl (C=O) groups excluding carboxylic acids is 3. The van der Waals surface area contributed by atoms with Crippen LogP contribution in [0, 0.1) is 5.92 Å². The fraction of sp³-hybridized carbons (Fsp3) is 0.609. The van der Waals surface area contributed by atoms with E-state index in [1.54, 1.807) is 36.3 Å². The number of rotatable bonds is 6. The molecule has 3 rings (SSSR count). The summed E-state index contributed by atoms with van der Waals surface area (Å²) in [5.41, 5.74) is -0.418. The van der Waals surface area contributed by atoms with Gasteiger partial charge in [-0.25, -0.2) is 0 Å². The molecule has 0 radical (unpaired) electrons. The summed E-state index contributed by atoms with van der Waals surface area (Å²) < 4.78 is 11.4. The second kappa shape index (κ2) is 9.68. The second-order valence-electron chi connectivity index (χ2n) is 8.45. The number of likely N-dealkylation sites (tertiary alicyclic amines) is 1. The zero-order valence-electron chi connectivity index (χ0n) is 18.8. The van der Waals surface area contributed by atoms with Crippen molar-refractivity contribution in [1.29, 1.82) is 0 Å². The van der Waals surface area contributed by atoms with Crippen LogP contribution in [0.1, 0.15) is 50.4 Å². The summed E-state index contributed by atoms with van der Waals surface area (Å²) in [6, 6.07) is 6.16. The number of ether oxygens (including phenoxy) is 2. The maximum atomic E-state index is 13.6. The molecule has 2 saturated heterocycles. The molecule has 0 bridgehead atoms. The molecule has 1 aromatic rings. The molecule has 8 nitrogen and oxygen atoms in total. The monoisotopic (exact) mass is 431 g/mol. The first kappa shape index (κ1) is 23.1. The normalized spacial score (nSPS) is 20.2. The molecule has 1 spiro atoms. The van der Waals surface area contributed by atoms with Crippen molar-refractivity contribution >= 4 is 17.7 Å². The number of nitrogens with one attached hydrogen (secondary N) is 1. The molecule has 2 heterocycles. The van der Waals surface area contributed by atoms with E-state index in [1.807, 2.05) is 25.7 Å². The zero-order valence-corrected chi connectivity index (χ0v) is 18.8. The van der Waals surface area contributed by atoms with Crippen LogP contribution in [0.4, 0.5) is 0 Å². The molecule has 0 saturated carbocycles. The Kier molecular flexibility index (Phi) is 7.20. The van der Waals surface area contributed by atoms with E-state index in [9.17, 15) is 14.4 Å². The summed E-state index contributed by atoms with van der Waals surface area (Å²) in [4.78, 5) is 42.3. The van der Waals surface area contributed by atoms with Crippen molar-refractivity contribution in [3.63, 3.8) is 0 Å². The Morgan fingerprint density at radius 2 is 1.84 bits per heavy atom. The SMILES string of the molecule is CCCNC(=O)C1COC2(CCN(C(=O)C(C)C)CC2)N1C(=O)c1ccc(OC)cc1. The van der Waals surface area contributed by atoms with E-state index in [-0.39, 0.29) is 30.2 Å². The molecule has 2 aliphatic heterocycles. The molecule has 1 atom stereocenters. The first-order valence-electron chi connectivity index (χ1n) is 11.0. The van der Waals surface area contributed by atoms with Gasteiger partial charge in [0.1, 0.15) is 17.5 Å². The van der Waals surface area contributed by atoms with Crippen LogP contribution in [-0.4, -0.2) is 72.6 Å². The lowest BCUT2D eigenvalue weighted by molar-refractivity contribution is -0.146. The van der Waals surface area contributed by atoms with E-state index in [0.29, 0.717) is 43.8 Å². The molecule has 31 heavy (non-hydrogen) atoms. The predicted octanol–water partition coefficient (Wildman–Crippen LogP) is 2.04. The number of hydrogen-bond acceptors (Lipinski definition) is 5. The highest BCUT2D eigenvalue weighted by Crippen LogP contribution is 2.39. The topological polar surface area (TPSA) is 88.2 Å². The summed E-state index contributed by atoms with van der Waals surface area (Å²) in [6.45, 7) is 7.42. The maximum absolute atomic E-state index is 13.6. The van der Waals surface area contributed by atoms with Crippen LogP contribution in [0.5, 0.6) is 5.75 Å². The maximum Gasteiger partial charge on any atom is 0.256 e. The van der Waals surface area contributed by atoms with Gasteiger partial charge in [-0.05, 0) is 30.7 Å². The van der Waals surface area contributed by atoms with E-state index in [2.05, 4.69) is 5.32 Å². The highest BCUT2D eigenvalue weighted by atomic mass is 16.5. The van der Waals surface area contributed by atoms with Gasteiger partial charge in [-0.3, -0.25) is 19.3 Å². The quantitative estimate of drug-likeness (QED) is 0.745. The van der Waals surface area contributed by atoms with Gasteiger partial charge in [-0.1, -0.05) is 20.8 Å². The van der Waals surface area contributed by atoms with Gasteiger partial charge in [0.05, 0.1) is 13.7 Å². The highest BCUT2D eigenvalue weighted by Gasteiger charge is 2.54. The molecule has 1 unspecified atom stereocenters. The van der Waals surface area contributed by atoms with E-state index >= 15 is 0 Å². The second-order valence-corrected chi connectivity index (χ2v) is 8.45. The fourth-order valence-corrected chi connectivity index (χ4v) is 4.25. The molecular weight excluding hydrogens is 398 g/mol. The minimum Gasteiger partial charge on any atom is -0.497 e. The largest absolute Gasteiger partial charge is 0.497 e. The predicted molar refractivity (Wildman–Crippen MR) is 116 cm³/mol. The summed E-state index contributed by atoms with van der Waals surface area (Å²) >= 11 is 0. The van der Waals surface area contributed by atoms with Crippen LogP contribution in [0.25, 0.3) is 0 Å². The summed E-state index contributed by atoms with van der Waals surface area (Å²) in [7, 11) is 1.57. The Hall–Kier alpha value is -2.61. The van der Waals surface area contributed by atoms with Crippen LogP contribution >= 0.6 is 0 Å². The average molecular weight is 432 g/mol. The van der Waals surface area contributed by atoms with Crippen molar-refractivity contribution < 1.29 is 23.9 Å². The highest BCUT2D eigenvalue weighted by molar-refractivity contribution is 5.98. The molecule has 0 aromatic heterocycles. The van der Waals surface area contributed by atoms with E-state index < -0.39 is 11.8 Å². The van der Waals surface area contributed by atoms with E-state index in [0.717, 1.165) is 6.42 Å². The van der Waals surface area contributed by atoms with Crippen molar-refractivity contribution in [1.82, 2.24) is 15.1 Å². The third kappa shape index (κ3) is 4.69. The lowest BCUT2D eigenvalue weighted by Crippen LogP contribution is -2.60. The van der Waals surface area contributed by atoms with Gasteiger partial charge in [0.2, 0.25) is 11.8 Å². The minimum absolute atomic E-state index is 0.0804. The summed E-state index contributed by atoms with van der Waals surface area (Å²) in [5.74, 6) is 0.213. The van der Waals surface area contributed by atoms with E-state index in [1.165, 1.54) is 0 Å². The molecule has 0 aliphatic carbocycles. The first-order chi connectivity index (χ1) is 14.8. The Bertz CT molecular complexity index is 800. The smallest absolute Gasteiger partial charge is 0.256 e. The van der Waals surface area contributed by atoms with Crippen molar-refractivity contribution in [2.75, 3.05) is 33.4 Å². The van der Waals surface area contributed by atoms with E-state index in [4.69, 9.17) is 9.47 Å². The fourth-order valence-electron chi connectivity index (χ4n) is 4.25. The number of benzene rings is 1. The molecular formula is C23H33N3O5. The average Bonchev–Trinajstić information content (AvgIpc) is 3.15. The number of nitrogens with zero attached hydrogens (tertiary/aromatic N) is 2. The van der Waals surface area contributed by atoms with Crippen LogP contribution in [0.2, 0.25) is 0 Å². The van der Waals surface area contributed by atoms with Crippen molar-refractivity contribution in [3.05, 3.63) is 29.8 Å². The minimum atomic E-state index is -0.890. The van der Waals surface area contributed by atoms with Crippen LogP contribution in [-0.2, 0) is 14.3 Å². The van der Waals surface area contributed by atoms with Crippen molar-refractivity contribution in [2.24, 2.45) is 5.92 Å². The first-order valence-corrected chi connectivity index (χ1v) is 11.0. The zero-order chi connectivity index (χ0) is 22.6. The Labute approximate surface area is 183 Å². The number of hydrogen-bond donors (Lipinski definition) is 1.